The van der Waals surface area contributed by atoms with Gasteiger partial charge < -0.3 is 5.11 Å². The Kier molecular flexibility index (Phi) is 3.64. The van der Waals surface area contributed by atoms with Crippen LogP contribution in [0.5, 0.6) is 0 Å². The maximum atomic E-state index is 11.1. The van der Waals surface area contributed by atoms with Crippen LogP contribution >= 0.6 is 27.5 Å². The molecule has 1 aliphatic rings. The van der Waals surface area contributed by atoms with E-state index >= 15 is 0 Å². The van der Waals surface area contributed by atoms with Crippen molar-refractivity contribution in [2.24, 2.45) is 0 Å². The van der Waals surface area contributed by atoms with Gasteiger partial charge in [-0.1, -0.05) is 51.8 Å². The molecule has 1 N–H and O–H groups in total. The Bertz CT molecular complexity index is 913. The summed E-state index contributed by atoms with van der Waals surface area (Å²) >= 11 is 10.1. The average Bonchev–Trinajstić information content (AvgIpc) is 2.57. The maximum Gasteiger partial charge on any atom is 0.335 e. The second-order valence-corrected chi connectivity index (χ2v) is 6.44. The molecule has 1 aliphatic carbocycles. The molecule has 0 unspecified atom stereocenters. The Morgan fingerprint density at radius 2 is 2.10 bits per heavy atom. The third-order valence-electron chi connectivity index (χ3n) is 3.65. The first kappa shape index (κ1) is 14.4. The van der Waals surface area contributed by atoms with Gasteiger partial charge in [0.15, 0.2) is 0 Å². The van der Waals surface area contributed by atoms with Gasteiger partial charge in [-0.3, -0.25) is 0 Å². The lowest BCUT2D eigenvalue weighted by atomic mass is 10.0. The van der Waals surface area contributed by atoms with Crippen LogP contribution in [0.4, 0.5) is 0 Å². The molecular weight excluding hydrogens is 352 g/mol. The van der Waals surface area contributed by atoms with Crippen LogP contribution in [0.15, 0.2) is 40.9 Å². The molecule has 0 fully saturated rings. The van der Waals surface area contributed by atoms with Gasteiger partial charge in [0.2, 0.25) is 0 Å². The summed E-state index contributed by atoms with van der Waals surface area (Å²) in [4.78, 5) is 11.1. The van der Waals surface area contributed by atoms with E-state index in [-0.39, 0.29) is 5.56 Å². The Balaban J connectivity index is 2.50. The minimum atomic E-state index is -0.932. The van der Waals surface area contributed by atoms with Gasteiger partial charge >= 0.3 is 5.97 Å². The molecule has 2 aromatic rings. The van der Waals surface area contributed by atoms with Crippen LogP contribution in [-0.4, -0.2) is 11.1 Å². The molecule has 0 amide bonds. The molecule has 0 spiro atoms. The van der Waals surface area contributed by atoms with E-state index in [4.69, 9.17) is 16.7 Å². The van der Waals surface area contributed by atoms with Crippen molar-refractivity contribution in [2.45, 2.75) is 12.8 Å². The zero-order chi connectivity index (χ0) is 15.1. The summed E-state index contributed by atoms with van der Waals surface area (Å²) in [6.45, 7) is 4.03. The van der Waals surface area contributed by atoms with Crippen molar-refractivity contribution in [1.29, 1.82) is 0 Å². The third kappa shape index (κ3) is 2.52. The summed E-state index contributed by atoms with van der Waals surface area (Å²) in [5, 5.41) is 13.7. The maximum absolute atomic E-state index is 11.1. The van der Waals surface area contributed by atoms with Gasteiger partial charge in [-0.05, 0) is 40.6 Å². The van der Waals surface area contributed by atoms with E-state index < -0.39 is 5.97 Å². The van der Waals surface area contributed by atoms with Gasteiger partial charge in [0, 0.05) is 21.1 Å². The zero-order valence-corrected chi connectivity index (χ0v) is 13.5. The first-order valence-corrected chi connectivity index (χ1v) is 7.65. The summed E-state index contributed by atoms with van der Waals surface area (Å²) in [6, 6.07) is 7.05. The molecule has 3 rings (SSSR count). The standard InChI is InChI=1S/C17H12BrClO2/c1-9-2-4-13-14(18)8-11-7-10(17(20)21)3-5-12(11)16(13)15(19)6-9/h3-5,7-8H,1-2,6H2,(H,20,21). The summed E-state index contributed by atoms with van der Waals surface area (Å²) in [5.41, 5.74) is 1.34. The first-order chi connectivity index (χ1) is 9.97. The highest BCUT2D eigenvalue weighted by molar-refractivity contribution is 9.10. The van der Waals surface area contributed by atoms with Gasteiger partial charge in [0.05, 0.1) is 5.56 Å². The molecule has 0 heterocycles. The summed E-state index contributed by atoms with van der Waals surface area (Å²) in [5.74, 6) is -0.932. The Hall–Kier alpha value is -1.58. The number of benzene rings is 2. The van der Waals surface area contributed by atoms with Crippen LogP contribution in [0.1, 0.15) is 23.2 Å². The molecule has 0 aliphatic heterocycles. The second-order valence-electron chi connectivity index (χ2n) is 5.13. The van der Waals surface area contributed by atoms with E-state index in [1.165, 1.54) is 0 Å². The van der Waals surface area contributed by atoms with Crippen molar-refractivity contribution in [1.82, 2.24) is 0 Å². The van der Waals surface area contributed by atoms with E-state index in [2.05, 4.69) is 28.6 Å². The highest BCUT2D eigenvalue weighted by Gasteiger charge is 2.11. The number of hydrogen-bond acceptors (Lipinski definition) is 1. The largest absolute Gasteiger partial charge is 0.478 e. The number of carboxylic acid groups (broad SMARTS) is 1. The zero-order valence-electron chi connectivity index (χ0n) is 11.1. The minimum absolute atomic E-state index is 0.271. The molecule has 0 saturated heterocycles. The van der Waals surface area contributed by atoms with Crippen molar-refractivity contribution in [3.8, 4) is 0 Å². The highest BCUT2D eigenvalue weighted by atomic mass is 79.9. The summed E-state index contributed by atoms with van der Waals surface area (Å²) < 4.78 is 0.917. The number of carboxylic acids is 1. The normalized spacial score (nSPS) is 14.6. The van der Waals surface area contributed by atoms with Crippen molar-refractivity contribution >= 4 is 55.4 Å². The van der Waals surface area contributed by atoms with Crippen LogP contribution in [0.25, 0.3) is 21.9 Å². The predicted octanol–water partition coefficient (Wildman–Crippen LogP) is 3.78. The van der Waals surface area contributed by atoms with E-state index in [1.807, 2.05) is 12.1 Å². The molecule has 0 atom stereocenters. The highest BCUT2D eigenvalue weighted by Crippen LogP contribution is 2.22. The van der Waals surface area contributed by atoms with Crippen LogP contribution in [0.3, 0.4) is 0 Å². The summed E-state index contributed by atoms with van der Waals surface area (Å²) in [7, 11) is 0. The van der Waals surface area contributed by atoms with Gasteiger partial charge in [0.25, 0.3) is 0 Å². The van der Waals surface area contributed by atoms with Gasteiger partial charge in [-0.25, -0.2) is 4.79 Å². The molecule has 2 nitrogen and oxygen atoms in total. The van der Waals surface area contributed by atoms with Crippen LogP contribution in [-0.2, 0) is 0 Å². The number of halogens is 2. The topological polar surface area (TPSA) is 37.3 Å². The first-order valence-electron chi connectivity index (χ1n) is 6.48. The van der Waals surface area contributed by atoms with Crippen LogP contribution < -0.4 is 10.4 Å². The Morgan fingerprint density at radius 1 is 1.33 bits per heavy atom. The number of carbonyl (C=O) groups is 1. The quantitative estimate of drug-likeness (QED) is 0.783. The van der Waals surface area contributed by atoms with E-state index in [9.17, 15) is 4.79 Å². The molecule has 0 radical (unpaired) electrons. The van der Waals surface area contributed by atoms with Crippen molar-refractivity contribution in [3.05, 3.63) is 56.9 Å². The molecule has 0 saturated carbocycles. The number of fused-ring (bicyclic) bond motifs is 3. The van der Waals surface area contributed by atoms with Crippen LogP contribution in [0, 0.1) is 0 Å². The van der Waals surface area contributed by atoms with Crippen molar-refractivity contribution < 1.29 is 9.90 Å². The van der Waals surface area contributed by atoms with Gasteiger partial charge in [-0.2, -0.15) is 0 Å². The molecule has 106 valence electrons. The minimum Gasteiger partial charge on any atom is -0.478 e. The second kappa shape index (κ2) is 5.32. The lowest BCUT2D eigenvalue weighted by Gasteiger charge is -2.06. The van der Waals surface area contributed by atoms with Crippen molar-refractivity contribution in [3.63, 3.8) is 0 Å². The monoisotopic (exact) mass is 362 g/mol. The van der Waals surface area contributed by atoms with E-state index in [1.54, 1.807) is 12.1 Å². The predicted molar refractivity (Wildman–Crippen MR) is 90.0 cm³/mol. The van der Waals surface area contributed by atoms with E-state index in [0.29, 0.717) is 6.42 Å². The fourth-order valence-electron chi connectivity index (χ4n) is 2.64. The number of rotatable bonds is 1. The van der Waals surface area contributed by atoms with Gasteiger partial charge in [-0.15, -0.1) is 0 Å². The number of aromatic carboxylic acids is 1. The lowest BCUT2D eigenvalue weighted by Crippen LogP contribution is -2.27. The molecule has 4 heteroatoms. The smallest absolute Gasteiger partial charge is 0.335 e. The fraction of sp³-hybridized carbons (Fsp3) is 0.118. The molecule has 0 aromatic heterocycles. The Labute approximate surface area is 135 Å². The Morgan fingerprint density at radius 3 is 2.81 bits per heavy atom. The van der Waals surface area contributed by atoms with Crippen LogP contribution in [0.2, 0.25) is 0 Å². The third-order valence-corrected chi connectivity index (χ3v) is 4.63. The molecule has 21 heavy (non-hydrogen) atoms. The fourth-order valence-corrected chi connectivity index (χ4v) is 3.64. The SMILES string of the molecule is C=C1CC=c2c(Br)cc3cc(C(=O)O)ccc3c2=C(Cl)C1. The molecule has 0 bridgehead atoms. The summed E-state index contributed by atoms with van der Waals surface area (Å²) in [6.07, 6.45) is 3.56. The lowest BCUT2D eigenvalue weighted by molar-refractivity contribution is 0.0697. The van der Waals surface area contributed by atoms with E-state index in [0.717, 1.165) is 42.7 Å². The number of allylic oxidation sites excluding steroid dienone is 1. The van der Waals surface area contributed by atoms with Gasteiger partial charge in [0.1, 0.15) is 0 Å². The average molecular weight is 364 g/mol. The molecule has 2 aromatic carbocycles. The van der Waals surface area contributed by atoms with Crippen molar-refractivity contribution in [2.75, 3.05) is 0 Å². The number of hydrogen-bond donors (Lipinski definition) is 1. The molecular formula is C17H12BrClO2.